The highest BCUT2D eigenvalue weighted by Gasteiger charge is 2.26. The summed E-state index contributed by atoms with van der Waals surface area (Å²) in [6.45, 7) is 1.48. The monoisotopic (exact) mass is 259 g/mol. The Bertz CT molecular complexity index is 516. The van der Waals surface area contributed by atoms with Crippen LogP contribution < -0.4 is 5.73 Å². The second-order valence-corrected chi connectivity index (χ2v) is 5.29. The number of halogens is 1. The number of hydrogen-bond donors (Lipinski definition) is 2. The van der Waals surface area contributed by atoms with Crippen molar-refractivity contribution < 1.29 is 12.8 Å². The third-order valence-electron chi connectivity index (χ3n) is 2.15. The van der Waals surface area contributed by atoms with E-state index < -0.39 is 20.7 Å². The molecule has 0 unspecified atom stereocenters. The molecule has 1 aromatic carbocycles. The standard InChI is InChI=1S/C10H14FN3O2S/c1-2-14(7-10(12)13)17(15,16)9-6-4-3-5-8(9)11/h3-6H,2,7H2,1H3,(H3,12,13). The Labute approximate surface area is 99.6 Å². The summed E-state index contributed by atoms with van der Waals surface area (Å²) in [6.07, 6.45) is 0. The van der Waals surface area contributed by atoms with E-state index in [1.54, 1.807) is 6.92 Å². The van der Waals surface area contributed by atoms with Crippen LogP contribution >= 0.6 is 0 Å². The largest absolute Gasteiger partial charge is 0.387 e. The molecule has 0 aliphatic carbocycles. The van der Waals surface area contributed by atoms with E-state index in [1.807, 2.05) is 0 Å². The van der Waals surface area contributed by atoms with Crippen molar-refractivity contribution in [1.29, 1.82) is 5.41 Å². The fraction of sp³-hybridized carbons (Fsp3) is 0.300. The summed E-state index contributed by atoms with van der Waals surface area (Å²) in [5.74, 6) is -1.10. The maximum absolute atomic E-state index is 13.4. The van der Waals surface area contributed by atoms with Gasteiger partial charge in [-0.05, 0) is 12.1 Å². The molecule has 0 saturated heterocycles. The van der Waals surface area contributed by atoms with Gasteiger partial charge in [-0.25, -0.2) is 12.8 Å². The van der Waals surface area contributed by atoms with Gasteiger partial charge >= 0.3 is 0 Å². The smallest absolute Gasteiger partial charge is 0.246 e. The minimum atomic E-state index is -3.94. The maximum Gasteiger partial charge on any atom is 0.246 e. The van der Waals surface area contributed by atoms with Crippen molar-refractivity contribution in [2.45, 2.75) is 11.8 Å². The summed E-state index contributed by atoms with van der Waals surface area (Å²) < 4.78 is 38.5. The molecule has 1 rings (SSSR count). The molecule has 5 nitrogen and oxygen atoms in total. The van der Waals surface area contributed by atoms with E-state index >= 15 is 0 Å². The molecule has 17 heavy (non-hydrogen) atoms. The van der Waals surface area contributed by atoms with Gasteiger partial charge in [-0.15, -0.1) is 0 Å². The highest BCUT2D eigenvalue weighted by molar-refractivity contribution is 7.89. The van der Waals surface area contributed by atoms with Crippen LogP contribution in [0.25, 0.3) is 0 Å². The molecule has 94 valence electrons. The summed E-state index contributed by atoms with van der Waals surface area (Å²) >= 11 is 0. The average molecular weight is 259 g/mol. The lowest BCUT2D eigenvalue weighted by Gasteiger charge is -2.19. The van der Waals surface area contributed by atoms with Crippen LogP contribution in [0, 0.1) is 11.2 Å². The molecule has 0 bridgehead atoms. The molecule has 3 N–H and O–H groups in total. The Hall–Kier alpha value is -1.47. The molecular formula is C10H14FN3O2S. The van der Waals surface area contributed by atoms with Gasteiger partial charge in [0.1, 0.15) is 16.5 Å². The Balaban J connectivity index is 3.18. The molecule has 0 spiro atoms. The van der Waals surface area contributed by atoms with Crippen molar-refractivity contribution in [3.63, 3.8) is 0 Å². The fourth-order valence-electron chi connectivity index (χ4n) is 1.35. The van der Waals surface area contributed by atoms with Crippen LogP contribution in [0.3, 0.4) is 0 Å². The third-order valence-corrected chi connectivity index (χ3v) is 4.11. The van der Waals surface area contributed by atoms with Crippen molar-refractivity contribution in [2.24, 2.45) is 5.73 Å². The SMILES string of the molecule is CCN(CC(=N)N)S(=O)(=O)c1ccccc1F. The number of likely N-dealkylation sites (N-methyl/N-ethyl adjacent to an activating group) is 1. The first-order valence-corrected chi connectivity index (χ1v) is 6.41. The van der Waals surface area contributed by atoms with Gasteiger partial charge in [0.15, 0.2) is 0 Å². The van der Waals surface area contributed by atoms with Crippen molar-refractivity contribution in [3.05, 3.63) is 30.1 Å². The van der Waals surface area contributed by atoms with Crippen LogP contribution in [0.1, 0.15) is 6.92 Å². The molecule has 7 heteroatoms. The van der Waals surface area contributed by atoms with Crippen molar-refractivity contribution in [3.8, 4) is 0 Å². The summed E-state index contributed by atoms with van der Waals surface area (Å²) in [7, 11) is -3.94. The number of sulfonamides is 1. The van der Waals surface area contributed by atoms with Gasteiger partial charge in [0.25, 0.3) is 0 Å². The number of benzene rings is 1. The van der Waals surface area contributed by atoms with Crippen LogP contribution in [0.15, 0.2) is 29.2 Å². The number of nitrogens with two attached hydrogens (primary N) is 1. The van der Waals surface area contributed by atoms with Crippen molar-refractivity contribution in [1.82, 2.24) is 4.31 Å². The second kappa shape index (κ2) is 5.24. The molecule has 0 atom stereocenters. The van der Waals surface area contributed by atoms with Crippen LogP contribution in [0.5, 0.6) is 0 Å². The molecule has 0 aliphatic rings. The fourth-order valence-corrected chi connectivity index (χ4v) is 2.84. The minimum Gasteiger partial charge on any atom is -0.387 e. The van der Waals surface area contributed by atoms with Gasteiger partial charge in [-0.2, -0.15) is 4.31 Å². The summed E-state index contributed by atoms with van der Waals surface area (Å²) in [6, 6.07) is 5.12. The lowest BCUT2D eigenvalue weighted by Crippen LogP contribution is -2.38. The van der Waals surface area contributed by atoms with E-state index in [0.29, 0.717) is 0 Å². The minimum absolute atomic E-state index is 0.121. The van der Waals surface area contributed by atoms with Crippen LogP contribution in [-0.2, 0) is 10.0 Å². The first-order valence-electron chi connectivity index (χ1n) is 4.97. The van der Waals surface area contributed by atoms with E-state index in [2.05, 4.69) is 0 Å². The van der Waals surface area contributed by atoms with E-state index in [9.17, 15) is 12.8 Å². The first kappa shape index (κ1) is 13.6. The predicted molar refractivity (Wildman–Crippen MR) is 62.7 cm³/mol. The number of amidine groups is 1. The average Bonchev–Trinajstić information content (AvgIpc) is 2.25. The van der Waals surface area contributed by atoms with Gasteiger partial charge in [-0.3, -0.25) is 5.41 Å². The quantitative estimate of drug-likeness (QED) is 0.605. The van der Waals surface area contributed by atoms with Crippen LogP contribution in [0.2, 0.25) is 0 Å². The first-order chi connectivity index (χ1) is 7.89. The Morgan fingerprint density at radius 3 is 2.53 bits per heavy atom. The highest BCUT2D eigenvalue weighted by atomic mass is 32.2. The van der Waals surface area contributed by atoms with Gasteiger partial charge in [0.05, 0.1) is 6.54 Å². The van der Waals surface area contributed by atoms with Gasteiger partial charge in [0, 0.05) is 6.54 Å². The Morgan fingerprint density at radius 2 is 2.06 bits per heavy atom. The third kappa shape index (κ3) is 3.01. The molecule has 0 fully saturated rings. The van der Waals surface area contributed by atoms with Gasteiger partial charge in [-0.1, -0.05) is 19.1 Å². The van der Waals surface area contributed by atoms with E-state index in [4.69, 9.17) is 11.1 Å². The summed E-state index contributed by atoms with van der Waals surface area (Å²) in [4.78, 5) is -0.400. The summed E-state index contributed by atoms with van der Waals surface area (Å²) in [5, 5.41) is 7.10. The maximum atomic E-state index is 13.4. The summed E-state index contributed by atoms with van der Waals surface area (Å²) in [5.41, 5.74) is 5.17. The Kier molecular flexibility index (Phi) is 4.19. The number of hydrogen-bond acceptors (Lipinski definition) is 3. The molecule has 1 aromatic rings. The van der Waals surface area contributed by atoms with E-state index in [-0.39, 0.29) is 18.9 Å². The zero-order valence-corrected chi connectivity index (χ0v) is 10.2. The van der Waals surface area contributed by atoms with Gasteiger partial charge in [0.2, 0.25) is 10.0 Å². The van der Waals surface area contributed by atoms with Crippen LogP contribution in [0.4, 0.5) is 4.39 Å². The topological polar surface area (TPSA) is 87.2 Å². The predicted octanol–water partition coefficient (Wildman–Crippen LogP) is 0.772. The van der Waals surface area contributed by atoms with E-state index in [1.165, 1.54) is 18.2 Å². The zero-order chi connectivity index (χ0) is 13.1. The molecule has 0 aliphatic heterocycles. The van der Waals surface area contributed by atoms with Crippen LogP contribution in [-0.4, -0.2) is 31.6 Å². The lowest BCUT2D eigenvalue weighted by atomic mass is 10.4. The molecule has 0 saturated carbocycles. The molecule has 0 heterocycles. The van der Waals surface area contributed by atoms with Crippen molar-refractivity contribution in [2.75, 3.05) is 13.1 Å². The zero-order valence-electron chi connectivity index (χ0n) is 9.35. The normalized spacial score (nSPS) is 11.7. The molecular weight excluding hydrogens is 245 g/mol. The molecule has 0 radical (unpaired) electrons. The number of nitrogens with one attached hydrogen (secondary N) is 1. The number of rotatable bonds is 5. The Morgan fingerprint density at radius 1 is 1.47 bits per heavy atom. The van der Waals surface area contributed by atoms with E-state index in [0.717, 1.165) is 10.4 Å². The van der Waals surface area contributed by atoms with Crippen molar-refractivity contribution >= 4 is 15.9 Å². The lowest BCUT2D eigenvalue weighted by molar-refractivity contribution is 0.459. The second-order valence-electron chi connectivity index (χ2n) is 3.39. The molecule has 0 amide bonds. The van der Waals surface area contributed by atoms with Gasteiger partial charge < -0.3 is 5.73 Å². The molecule has 0 aromatic heterocycles. The number of nitrogens with zero attached hydrogens (tertiary/aromatic N) is 1. The highest BCUT2D eigenvalue weighted by Crippen LogP contribution is 2.18.